The van der Waals surface area contributed by atoms with Gasteiger partial charge in [0.2, 0.25) is 0 Å². The molecule has 0 saturated heterocycles. The number of rotatable bonds is 6. The maximum absolute atomic E-state index is 9.74. The van der Waals surface area contributed by atoms with E-state index in [1.165, 1.54) is 11.1 Å². The zero-order chi connectivity index (χ0) is 12.9. The van der Waals surface area contributed by atoms with Crippen LogP contribution in [0, 0.1) is 13.8 Å². The fraction of sp³-hybridized carbons (Fsp3) is 0.571. The number of aryl methyl sites for hydroxylation is 1. The molecule has 0 aliphatic heterocycles. The van der Waals surface area contributed by atoms with E-state index >= 15 is 0 Å². The van der Waals surface area contributed by atoms with Crippen molar-refractivity contribution in [2.45, 2.75) is 39.2 Å². The van der Waals surface area contributed by atoms with Crippen LogP contribution >= 0.6 is 0 Å². The molecule has 0 spiro atoms. The van der Waals surface area contributed by atoms with Gasteiger partial charge in [-0.25, -0.2) is 0 Å². The molecule has 1 aromatic rings. The van der Waals surface area contributed by atoms with Crippen molar-refractivity contribution < 1.29 is 9.84 Å². The van der Waals surface area contributed by atoms with E-state index in [1.807, 2.05) is 12.1 Å². The number of hydrogen-bond acceptors (Lipinski definition) is 3. The molecule has 0 aromatic heterocycles. The summed E-state index contributed by atoms with van der Waals surface area (Å²) in [6, 6.07) is 6.04. The zero-order valence-corrected chi connectivity index (χ0v) is 11.0. The molecule has 96 valence electrons. The van der Waals surface area contributed by atoms with E-state index in [-0.39, 0.29) is 6.54 Å². The first-order valence-electron chi connectivity index (χ1n) is 6.08. The molecule has 3 nitrogen and oxygen atoms in total. The van der Waals surface area contributed by atoms with Crippen molar-refractivity contribution in [1.29, 1.82) is 0 Å². The maximum atomic E-state index is 9.74. The highest BCUT2D eigenvalue weighted by Gasteiger charge is 2.17. The Kier molecular flexibility index (Phi) is 4.97. The van der Waals surface area contributed by atoms with Crippen LogP contribution in [0.1, 0.15) is 30.9 Å². The van der Waals surface area contributed by atoms with Gasteiger partial charge in [-0.3, -0.25) is 0 Å². The number of hydrogen-bond donors (Lipinski definition) is 2. The monoisotopic (exact) mass is 237 g/mol. The van der Waals surface area contributed by atoms with Crippen LogP contribution < -0.4 is 10.5 Å². The average Bonchev–Trinajstić information content (AvgIpc) is 2.30. The summed E-state index contributed by atoms with van der Waals surface area (Å²) in [6.07, 6.45) is 1.46. The minimum Gasteiger partial charge on any atom is -0.493 e. The molecule has 3 N–H and O–H groups in total. The molecular formula is C14H23NO2. The van der Waals surface area contributed by atoms with Gasteiger partial charge in [0.15, 0.2) is 0 Å². The quantitative estimate of drug-likeness (QED) is 0.746. The topological polar surface area (TPSA) is 55.5 Å². The Morgan fingerprint density at radius 1 is 1.35 bits per heavy atom. The summed E-state index contributed by atoms with van der Waals surface area (Å²) in [5.74, 6) is 0.928. The molecule has 0 heterocycles. The fourth-order valence-corrected chi connectivity index (χ4v) is 1.62. The Labute approximate surface area is 104 Å². The first kappa shape index (κ1) is 14.0. The van der Waals surface area contributed by atoms with Crippen molar-refractivity contribution >= 4 is 0 Å². The van der Waals surface area contributed by atoms with Gasteiger partial charge < -0.3 is 15.6 Å². The first-order chi connectivity index (χ1) is 7.96. The lowest BCUT2D eigenvalue weighted by molar-refractivity contribution is 0.0535. The molecule has 1 aromatic carbocycles. The summed E-state index contributed by atoms with van der Waals surface area (Å²) in [6.45, 7) is 6.78. The second-order valence-corrected chi connectivity index (χ2v) is 4.85. The molecular weight excluding hydrogens is 214 g/mol. The molecule has 0 bridgehead atoms. The van der Waals surface area contributed by atoms with Gasteiger partial charge in [0.05, 0.1) is 12.2 Å². The lowest BCUT2D eigenvalue weighted by atomic mass is 10.0. The molecule has 0 saturated carbocycles. The van der Waals surface area contributed by atoms with Crippen LogP contribution in [0.25, 0.3) is 0 Å². The number of nitrogens with two attached hydrogens (primary N) is 1. The van der Waals surface area contributed by atoms with E-state index in [1.54, 1.807) is 6.92 Å². The first-order valence-corrected chi connectivity index (χ1v) is 6.08. The molecule has 3 heteroatoms. The standard InChI is InChI=1S/C14H23NO2/c1-11-6-4-7-13(12(11)2)17-9-5-8-14(3,16)10-15/h4,6-7,16H,5,8-10,15H2,1-3H3. The van der Waals surface area contributed by atoms with E-state index in [9.17, 15) is 5.11 Å². The Balaban J connectivity index is 2.39. The average molecular weight is 237 g/mol. The van der Waals surface area contributed by atoms with E-state index in [0.29, 0.717) is 13.0 Å². The summed E-state index contributed by atoms with van der Waals surface area (Å²) in [5, 5.41) is 9.74. The SMILES string of the molecule is Cc1cccc(OCCCC(C)(O)CN)c1C. The molecule has 0 radical (unpaired) electrons. The van der Waals surface area contributed by atoms with Crippen molar-refractivity contribution in [3.63, 3.8) is 0 Å². The van der Waals surface area contributed by atoms with Crippen LogP contribution in [0.3, 0.4) is 0 Å². The minimum atomic E-state index is -0.773. The van der Waals surface area contributed by atoms with Crippen LogP contribution in [0.2, 0.25) is 0 Å². The highest BCUT2D eigenvalue weighted by Crippen LogP contribution is 2.21. The molecule has 1 rings (SSSR count). The summed E-state index contributed by atoms with van der Waals surface area (Å²) in [5.41, 5.74) is 7.09. The van der Waals surface area contributed by atoms with E-state index in [2.05, 4.69) is 19.9 Å². The van der Waals surface area contributed by atoms with Gasteiger partial charge in [-0.15, -0.1) is 0 Å². The van der Waals surface area contributed by atoms with Crippen molar-refractivity contribution in [3.8, 4) is 5.75 Å². The van der Waals surface area contributed by atoms with Gasteiger partial charge in [0.1, 0.15) is 5.75 Å². The third-order valence-electron chi connectivity index (χ3n) is 3.11. The number of benzene rings is 1. The molecule has 1 unspecified atom stereocenters. The minimum absolute atomic E-state index is 0.288. The third-order valence-corrected chi connectivity index (χ3v) is 3.11. The Bertz CT molecular complexity index is 361. The van der Waals surface area contributed by atoms with Gasteiger partial charge in [0, 0.05) is 6.54 Å². The molecule has 1 atom stereocenters. The number of ether oxygens (including phenoxy) is 1. The summed E-state index contributed by atoms with van der Waals surface area (Å²) in [4.78, 5) is 0. The fourth-order valence-electron chi connectivity index (χ4n) is 1.62. The van der Waals surface area contributed by atoms with E-state index in [4.69, 9.17) is 10.5 Å². The highest BCUT2D eigenvalue weighted by molar-refractivity contribution is 5.38. The van der Waals surface area contributed by atoms with Crippen LogP contribution in [0.15, 0.2) is 18.2 Å². The van der Waals surface area contributed by atoms with Crippen LogP contribution in [-0.2, 0) is 0 Å². The Morgan fingerprint density at radius 2 is 2.06 bits per heavy atom. The van der Waals surface area contributed by atoms with Crippen molar-refractivity contribution in [2.75, 3.05) is 13.2 Å². The second-order valence-electron chi connectivity index (χ2n) is 4.85. The summed E-state index contributed by atoms with van der Waals surface area (Å²) >= 11 is 0. The molecule has 0 amide bonds. The van der Waals surface area contributed by atoms with Crippen molar-refractivity contribution in [2.24, 2.45) is 5.73 Å². The van der Waals surface area contributed by atoms with E-state index < -0.39 is 5.60 Å². The Hall–Kier alpha value is -1.06. The highest BCUT2D eigenvalue weighted by atomic mass is 16.5. The zero-order valence-electron chi connectivity index (χ0n) is 11.0. The van der Waals surface area contributed by atoms with Gasteiger partial charge in [-0.2, -0.15) is 0 Å². The van der Waals surface area contributed by atoms with Gasteiger partial charge in [0.25, 0.3) is 0 Å². The third kappa shape index (κ3) is 4.36. The van der Waals surface area contributed by atoms with Gasteiger partial charge >= 0.3 is 0 Å². The largest absolute Gasteiger partial charge is 0.493 e. The predicted molar refractivity (Wildman–Crippen MR) is 70.3 cm³/mol. The Morgan fingerprint density at radius 3 is 2.71 bits per heavy atom. The van der Waals surface area contributed by atoms with Crippen molar-refractivity contribution in [1.82, 2.24) is 0 Å². The molecule has 0 fully saturated rings. The normalized spacial score (nSPS) is 14.4. The predicted octanol–water partition coefficient (Wildman–Crippen LogP) is 2.17. The maximum Gasteiger partial charge on any atom is 0.122 e. The van der Waals surface area contributed by atoms with Crippen LogP contribution in [0.4, 0.5) is 0 Å². The second kappa shape index (κ2) is 6.03. The van der Waals surface area contributed by atoms with Gasteiger partial charge in [-0.05, 0) is 50.8 Å². The summed E-state index contributed by atoms with van der Waals surface area (Å²) in [7, 11) is 0. The van der Waals surface area contributed by atoms with Crippen molar-refractivity contribution in [3.05, 3.63) is 29.3 Å². The molecule has 0 aliphatic rings. The van der Waals surface area contributed by atoms with E-state index in [0.717, 1.165) is 12.2 Å². The number of aliphatic hydroxyl groups is 1. The van der Waals surface area contributed by atoms with Crippen LogP contribution in [-0.4, -0.2) is 23.9 Å². The van der Waals surface area contributed by atoms with Gasteiger partial charge in [-0.1, -0.05) is 12.1 Å². The lowest BCUT2D eigenvalue weighted by Crippen LogP contribution is -2.34. The molecule has 0 aliphatic carbocycles. The van der Waals surface area contributed by atoms with Crippen LogP contribution in [0.5, 0.6) is 5.75 Å². The lowest BCUT2D eigenvalue weighted by Gasteiger charge is -2.20. The summed E-state index contributed by atoms with van der Waals surface area (Å²) < 4.78 is 5.71. The molecule has 17 heavy (non-hydrogen) atoms. The smallest absolute Gasteiger partial charge is 0.122 e.